The molecule has 0 bridgehead atoms. The summed E-state index contributed by atoms with van der Waals surface area (Å²) >= 11 is 0. The van der Waals surface area contributed by atoms with Crippen molar-refractivity contribution in [2.45, 2.75) is 44.6 Å². The topological polar surface area (TPSA) is 66.8 Å². The van der Waals surface area contributed by atoms with Crippen molar-refractivity contribution >= 4 is 11.9 Å². The van der Waals surface area contributed by atoms with Gasteiger partial charge in [-0.2, -0.15) is 0 Å². The lowest BCUT2D eigenvalue weighted by Crippen LogP contribution is -2.48. The quantitative estimate of drug-likeness (QED) is 0.726. The molecule has 0 radical (unpaired) electrons. The van der Waals surface area contributed by atoms with E-state index in [1.165, 1.54) is 17.7 Å². The van der Waals surface area contributed by atoms with E-state index in [0.717, 1.165) is 19.4 Å². The molecule has 1 heterocycles. The Hall–Kier alpha value is -1.10. The zero-order valence-corrected chi connectivity index (χ0v) is 10.6. The summed E-state index contributed by atoms with van der Waals surface area (Å²) in [5.41, 5.74) is 0. The summed E-state index contributed by atoms with van der Waals surface area (Å²) in [7, 11) is 0. The van der Waals surface area contributed by atoms with Crippen molar-refractivity contribution in [1.29, 1.82) is 0 Å². The second kappa shape index (κ2) is 6.18. The summed E-state index contributed by atoms with van der Waals surface area (Å²) in [6.07, 6.45) is 5.14. The minimum atomic E-state index is -0.887. The minimum Gasteiger partial charge on any atom is -0.480 e. The molecule has 1 aliphatic carbocycles. The Morgan fingerprint density at radius 2 is 2.00 bits per heavy atom. The van der Waals surface area contributed by atoms with Crippen molar-refractivity contribution in [1.82, 2.24) is 4.90 Å². The number of hydrogen-bond donors (Lipinski definition) is 1. The van der Waals surface area contributed by atoms with Crippen molar-refractivity contribution in [2.24, 2.45) is 5.92 Å². The Balaban J connectivity index is 1.72. The summed E-state index contributed by atoms with van der Waals surface area (Å²) < 4.78 is 5.42. The van der Waals surface area contributed by atoms with E-state index >= 15 is 0 Å². The first-order chi connectivity index (χ1) is 8.68. The predicted molar refractivity (Wildman–Crippen MR) is 65.1 cm³/mol. The lowest BCUT2D eigenvalue weighted by atomic mass is 10.0. The smallest absolute Gasteiger partial charge is 0.326 e. The molecule has 102 valence electrons. The van der Waals surface area contributed by atoms with Crippen molar-refractivity contribution < 1.29 is 19.4 Å². The van der Waals surface area contributed by atoms with E-state index in [1.54, 1.807) is 0 Å². The Bertz CT molecular complexity index is 314. The number of rotatable bonds is 6. The molecular weight excluding hydrogens is 234 g/mol. The van der Waals surface area contributed by atoms with Gasteiger partial charge in [-0.3, -0.25) is 4.79 Å². The zero-order valence-electron chi connectivity index (χ0n) is 10.6. The van der Waals surface area contributed by atoms with Crippen LogP contribution in [0.25, 0.3) is 0 Å². The highest BCUT2D eigenvalue weighted by atomic mass is 16.5. The van der Waals surface area contributed by atoms with E-state index in [2.05, 4.69) is 0 Å². The van der Waals surface area contributed by atoms with E-state index in [4.69, 9.17) is 9.84 Å². The Morgan fingerprint density at radius 3 is 2.67 bits per heavy atom. The lowest BCUT2D eigenvalue weighted by molar-refractivity contribution is -0.152. The third-order valence-corrected chi connectivity index (χ3v) is 3.62. The predicted octanol–water partition coefficient (Wildman–Crippen LogP) is 1.27. The van der Waals surface area contributed by atoms with Gasteiger partial charge in [0, 0.05) is 13.2 Å². The molecule has 1 aliphatic heterocycles. The van der Waals surface area contributed by atoms with Crippen LogP contribution in [0, 0.1) is 5.92 Å². The molecule has 2 rings (SSSR count). The van der Waals surface area contributed by atoms with Gasteiger partial charge in [0.05, 0.1) is 13.0 Å². The average molecular weight is 255 g/mol. The van der Waals surface area contributed by atoms with Crippen molar-refractivity contribution in [2.75, 3.05) is 19.8 Å². The van der Waals surface area contributed by atoms with Gasteiger partial charge in [-0.1, -0.05) is 0 Å². The fraction of sp³-hybridized carbons (Fsp3) is 0.846. The molecule has 5 nitrogen and oxygen atoms in total. The lowest BCUT2D eigenvalue weighted by Gasteiger charge is -2.33. The molecule has 0 aromatic carbocycles. The maximum absolute atomic E-state index is 12.0. The Morgan fingerprint density at radius 1 is 1.22 bits per heavy atom. The van der Waals surface area contributed by atoms with Gasteiger partial charge < -0.3 is 14.7 Å². The van der Waals surface area contributed by atoms with Gasteiger partial charge in [0.1, 0.15) is 6.04 Å². The second-order valence-electron chi connectivity index (χ2n) is 5.21. The van der Waals surface area contributed by atoms with Crippen molar-refractivity contribution in [3.05, 3.63) is 0 Å². The number of hydrogen-bond acceptors (Lipinski definition) is 3. The number of carboxylic acid groups (broad SMARTS) is 1. The third kappa shape index (κ3) is 3.70. The summed E-state index contributed by atoms with van der Waals surface area (Å²) in [6, 6.07) is -0.630. The number of carbonyl (C=O) groups excluding carboxylic acids is 1. The number of piperidine rings is 1. The highest BCUT2D eigenvalue weighted by Gasteiger charge is 2.31. The zero-order chi connectivity index (χ0) is 13.0. The fourth-order valence-corrected chi connectivity index (χ4v) is 2.32. The molecule has 0 aromatic rings. The van der Waals surface area contributed by atoms with Crippen LogP contribution in [0.4, 0.5) is 0 Å². The van der Waals surface area contributed by atoms with Crippen LogP contribution in [0.15, 0.2) is 0 Å². The van der Waals surface area contributed by atoms with E-state index in [0.29, 0.717) is 31.9 Å². The molecule has 0 aromatic heterocycles. The number of ether oxygens (including phenoxy) is 1. The fourth-order valence-electron chi connectivity index (χ4n) is 2.32. The molecule has 1 saturated carbocycles. The summed E-state index contributed by atoms with van der Waals surface area (Å²) in [5, 5.41) is 9.09. The molecule has 1 saturated heterocycles. The number of carbonyl (C=O) groups is 2. The highest BCUT2D eigenvalue weighted by molar-refractivity contribution is 5.83. The normalized spacial score (nSPS) is 24.0. The molecule has 2 fully saturated rings. The number of aliphatic carboxylic acids is 1. The third-order valence-electron chi connectivity index (χ3n) is 3.62. The Kier molecular flexibility index (Phi) is 4.58. The van der Waals surface area contributed by atoms with Gasteiger partial charge in [-0.05, 0) is 38.0 Å². The van der Waals surface area contributed by atoms with E-state index in [1.807, 2.05) is 0 Å². The SMILES string of the molecule is O=C(O)C1CCCCN1C(=O)CCOCC1CC1. The molecule has 18 heavy (non-hydrogen) atoms. The standard InChI is InChI=1S/C13H21NO4/c15-12(6-8-18-9-10-4-5-10)14-7-2-1-3-11(14)13(16)17/h10-11H,1-9H2,(H,16,17). The van der Waals surface area contributed by atoms with Crippen LogP contribution in [0.5, 0.6) is 0 Å². The van der Waals surface area contributed by atoms with Gasteiger partial charge in [0.15, 0.2) is 0 Å². The van der Waals surface area contributed by atoms with Crippen LogP contribution in [0.1, 0.15) is 38.5 Å². The first-order valence-corrected chi connectivity index (χ1v) is 6.78. The van der Waals surface area contributed by atoms with E-state index < -0.39 is 12.0 Å². The number of nitrogens with zero attached hydrogens (tertiary/aromatic N) is 1. The van der Waals surface area contributed by atoms with Gasteiger partial charge in [0.2, 0.25) is 5.91 Å². The molecule has 0 spiro atoms. The summed E-state index contributed by atoms with van der Waals surface area (Å²) in [5.74, 6) is -0.276. The van der Waals surface area contributed by atoms with Crippen molar-refractivity contribution in [3.8, 4) is 0 Å². The van der Waals surface area contributed by atoms with Crippen LogP contribution in [-0.4, -0.2) is 47.7 Å². The van der Waals surface area contributed by atoms with E-state index in [-0.39, 0.29) is 5.91 Å². The monoisotopic (exact) mass is 255 g/mol. The average Bonchev–Trinajstić information content (AvgIpc) is 3.18. The summed E-state index contributed by atoms with van der Waals surface area (Å²) in [6.45, 7) is 1.73. The van der Waals surface area contributed by atoms with Gasteiger partial charge in [0.25, 0.3) is 0 Å². The maximum Gasteiger partial charge on any atom is 0.326 e. The number of likely N-dealkylation sites (tertiary alicyclic amines) is 1. The second-order valence-corrected chi connectivity index (χ2v) is 5.21. The number of amides is 1. The molecule has 5 heteroatoms. The first kappa shape index (κ1) is 13.3. The molecular formula is C13H21NO4. The number of carboxylic acids is 1. The van der Waals surface area contributed by atoms with Crippen LogP contribution in [0.2, 0.25) is 0 Å². The largest absolute Gasteiger partial charge is 0.480 e. The first-order valence-electron chi connectivity index (χ1n) is 6.78. The Labute approximate surface area is 107 Å². The van der Waals surface area contributed by atoms with E-state index in [9.17, 15) is 9.59 Å². The molecule has 1 unspecified atom stereocenters. The van der Waals surface area contributed by atoms with Crippen LogP contribution in [0.3, 0.4) is 0 Å². The molecule has 2 aliphatic rings. The maximum atomic E-state index is 12.0. The van der Waals surface area contributed by atoms with Crippen LogP contribution >= 0.6 is 0 Å². The van der Waals surface area contributed by atoms with Gasteiger partial charge >= 0.3 is 5.97 Å². The van der Waals surface area contributed by atoms with Crippen molar-refractivity contribution in [3.63, 3.8) is 0 Å². The molecule has 1 amide bonds. The van der Waals surface area contributed by atoms with Gasteiger partial charge in [-0.15, -0.1) is 0 Å². The minimum absolute atomic E-state index is 0.0853. The van der Waals surface area contributed by atoms with Crippen LogP contribution in [-0.2, 0) is 14.3 Å². The highest BCUT2D eigenvalue weighted by Crippen LogP contribution is 2.28. The molecule has 1 N–H and O–H groups in total. The summed E-state index contributed by atoms with van der Waals surface area (Å²) in [4.78, 5) is 24.5. The molecule has 1 atom stereocenters. The van der Waals surface area contributed by atoms with Crippen LogP contribution < -0.4 is 0 Å². The van der Waals surface area contributed by atoms with Gasteiger partial charge in [-0.25, -0.2) is 4.79 Å².